The molecule has 7 nitrogen and oxygen atoms in total. The van der Waals surface area contributed by atoms with E-state index in [1.165, 1.54) is 31.9 Å². The van der Waals surface area contributed by atoms with Crippen LogP contribution in [0, 0.1) is 5.92 Å². The molecule has 0 aliphatic carbocycles. The zero-order valence-electron chi connectivity index (χ0n) is 17.5. The molecule has 8 heteroatoms. The predicted octanol–water partition coefficient (Wildman–Crippen LogP) is 2.17. The van der Waals surface area contributed by atoms with Gasteiger partial charge in [-0.2, -0.15) is 0 Å². The van der Waals surface area contributed by atoms with E-state index < -0.39 is 15.6 Å². The van der Waals surface area contributed by atoms with E-state index in [1.807, 2.05) is 19.1 Å². The molecule has 0 saturated heterocycles. The Hall–Kier alpha value is -2.45. The Morgan fingerprint density at radius 1 is 1.07 bits per heavy atom. The van der Waals surface area contributed by atoms with Gasteiger partial charge < -0.3 is 9.88 Å². The summed E-state index contributed by atoms with van der Waals surface area (Å²) in [6.07, 6.45) is 2.19. The molecule has 1 aromatic heterocycles. The Labute approximate surface area is 172 Å². The van der Waals surface area contributed by atoms with Gasteiger partial charge in [0.1, 0.15) is 6.54 Å². The van der Waals surface area contributed by atoms with Crippen molar-refractivity contribution in [1.29, 1.82) is 0 Å². The van der Waals surface area contributed by atoms with Gasteiger partial charge in [-0.1, -0.05) is 38.1 Å². The van der Waals surface area contributed by atoms with Crippen LogP contribution in [-0.4, -0.2) is 37.3 Å². The van der Waals surface area contributed by atoms with Crippen LogP contribution in [0.25, 0.3) is 0 Å². The molecular formula is C21H29N3O4S. The predicted molar refractivity (Wildman–Crippen MR) is 113 cm³/mol. The van der Waals surface area contributed by atoms with Crippen LogP contribution in [0.1, 0.15) is 37.9 Å². The minimum Gasteiger partial charge on any atom is -0.348 e. The van der Waals surface area contributed by atoms with Gasteiger partial charge in [0.25, 0.3) is 5.56 Å². The lowest BCUT2D eigenvalue weighted by atomic mass is 10.00. The Bertz CT molecular complexity index is 1010. The second-order valence-electron chi connectivity index (χ2n) is 7.75. The second-order valence-corrected chi connectivity index (χ2v) is 9.90. The molecule has 0 saturated carbocycles. The highest BCUT2D eigenvalue weighted by atomic mass is 32.2. The number of nitrogens with one attached hydrogen (secondary N) is 1. The third-order valence-electron chi connectivity index (χ3n) is 4.55. The maximum atomic E-state index is 12.4. The maximum absolute atomic E-state index is 12.4. The highest BCUT2D eigenvalue weighted by Crippen LogP contribution is 2.16. The summed E-state index contributed by atoms with van der Waals surface area (Å²) < 4.78 is 26.7. The van der Waals surface area contributed by atoms with Crippen LogP contribution in [0.3, 0.4) is 0 Å². The van der Waals surface area contributed by atoms with Crippen molar-refractivity contribution in [2.45, 2.75) is 44.7 Å². The number of rotatable bonds is 8. The van der Waals surface area contributed by atoms with E-state index in [-0.39, 0.29) is 23.4 Å². The molecule has 1 N–H and O–H groups in total. The van der Waals surface area contributed by atoms with Crippen molar-refractivity contribution in [2.75, 3.05) is 14.1 Å². The highest BCUT2D eigenvalue weighted by molar-refractivity contribution is 7.89. The molecule has 0 fully saturated rings. The molecule has 29 heavy (non-hydrogen) atoms. The third-order valence-corrected chi connectivity index (χ3v) is 6.35. The van der Waals surface area contributed by atoms with E-state index in [0.29, 0.717) is 5.92 Å². The van der Waals surface area contributed by atoms with E-state index in [4.69, 9.17) is 0 Å². The van der Waals surface area contributed by atoms with Gasteiger partial charge >= 0.3 is 0 Å². The van der Waals surface area contributed by atoms with Crippen molar-refractivity contribution in [1.82, 2.24) is 14.2 Å². The van der Waals surface area contributed by atoms with Crippen LogP contribution in [0.15, 0.2) is 52.3 Å². The smallest absolute Gasteiger partial charge is 0.251 e. The van der Waals surface area contributed by atoms with Crippen LogP contribution in [-0.2, 0) is 27.8 Å². The molecule has 0 aliphatic rings. The molecule has 0 bridgehead atoms. The first kappa shape index (κ1) is 22.8. The lowest BCUT2D eigenvalue weighted by Crippen LogP contribution is -2.34. The summed E-state index contributed by atoms with van der Waals surface area (Å²) in [5.41, 5.74) is 1.76. The van der Waals surface area contributed by atoms with E-state index >= 15 is 0 Å². The van der Waals surface area contributed by atoms with Crippen molar-refractivity contribution in [3.8, 4) is 0 Å². The fourth-order valence-corrected chi connectivity index (χ4v) is 3.86. The molecule has 2 aromatic rings. The number of nitrogens with zero attached hydrogens (tertiary/aromatic N) is 2. The second kappa shape index (κ2) is 9.37. The summed E-state index contributed by atoms with van der Waals surface area (Å²) >= 11 is 0. The number of hydrogen-bond donors (Lipinski definition) is 1. The summed E-state index contributed by atoms with van der Waals surface area (Å²) in [5, 5.41) is 2.85. The largest absolute Gasteiger partial charge is 0.348 e. The van der Waals surface area contributed by atoms with Gasteiger partial charge in [-0.15, -0.1) is 0 Å². The van der Waals surface area contributed by atoms with Crippen LogP contribution >= 0.6 is 0 Å². The Morgan fingerprint density at radius 3 is 2.24 bits per heavy atom. The van der Waals surface area contributed by atoms with Crippen molar-refractivity contribution in [2.24, 2.45) is 5.92 Å². The highest BCUT2D eigenvalue weighted by Gasteiger charge is 2.19. The van der Waals surface area contributed by atoms with Gasteiger partial charge in [-0.05, 0) is 36.5 Å². The van der Waals surface area contributed by atoms with Crippen LogP contribution in [0.4, 0.5) is 0 Å². The number of carbonyl (C=O) groups is 1. The van der Waals surface area contributed by atoms with E-state index in [0.717, 1.165) is 26.9 Å². The number of aromatic nitrogens is 1. The van der Waals surface area contributed by atoms with Crippen molar-refractivity contribution in [3.05, 3.63) is 64.1 Å². The molecule has 1 amide bonds. The third kappa shape index (κ3) is 6.01. The fraction of sp³-hybridized carbons (Fsp3) is 0.429. The topological polar surface area (TPSA) is 88.5 Å². The Balaban J connectivity index is 2.10. The lowest BCUT2D eigenvalue weighted by molar-refractivity contribution is -0.122. The van der Waals surface area contributed by atoms with Crippen molar-refractivity contribution in [3.63, 3.8) is 0 Å². The number of hydrogen-bond acceptors (Lipinski definition) is 4. The summed E-state index contributed by atoms with van der Waals surface area (Å²) in [5.74, 6) is 0.202. The fourth-order valence-electron chi connectivity index (χ4n) is 2.94. The van der Waals surface area contributed by atoms with Gasteiger partial charge in [0.05, 0.1) is 10.9 Å². The zero-order valence-corrected chi connectivity index (χ0v) is 18.4. The first-order chi connectivity index (χ1) is 13.5. The average molecular weight is 420 g/mol. The minimum atomic E-state index is -3.69. The first-order valence-corrected chi connectivity index (χ1v) is 11.0. The monoisotopic (exact) mass is 419 g/mol. The average Bonchev–Trinajstić information content (AvgIpc) is 2.63. The quantitative estimate of drug-likeness (QED) is 0.710. The number of amides is 1. The number of benzene rings is 1. The molecule has 0 spiro atoms. The molecule has 158 valence electrons. The number of carbonyl (C=O) groups excluding carboxylic acids is 1. The SMILES string of the molecule is CC(C)Cc1ccc([C@H](C)NC(=O)Cn2cc(S(=O)(=O)N(C)C)ccc2=O)cc1. The van der Waals surface area contributed by atoms with Crippen LogP contribution in [0.2, 0.25) is 0 Å². The van der Waals surface area contributed by atoms with Gasteiger partial charge in [-0.25, -0.2) is 12.7 Å². The molecule has 1 heterocycles. The zero-order chi connectivity index (χ0) is 21.8. The Morgan fingerprint density at radius 2 is 1.69 bits per heavy atom. The maximum Gasteiger partial charge on any atom is 0.251 e. The van der Waals surface area contributed by atoms with Crippen LogP contribution < -0.4 is 10.9 Å². The molecule has 0 aliphatic heterocycles. The summed E-state index contributed by atoms with van der Waals surface area (Å²) in [4.78, 5) is 24.4. The van der Waals surface area contributed by atoms with Gasteiger partial charge in [0.2, 0.25) is 15.9 Å². The molecule has 1 atom stereocenters. The van der Waals surface area contributed by atoms with Gasteiger partial charge in [0, 0.05) is 26.4 Å². The molecule has 0 radical (unpaired) electrons. The van der Waals surface area contributed by atoms with Crippen molar-refractivity contribution >= 4 is 15.9 Å². The number of pyridine rings is 1. The summed E-state index contributed by atoms with van der Waals surface area (Å²) in [6.45, 7) is 5.94. The molecular weight excluding hydrogens is 390 g/mol. The molecule has 1 aromatic carbocycles. The lowest BCUT2D eigenvalue weighted by Gasteiger charge is -2.16. The van der Waals surface area contributed by atoms with E-state index in [1.54, 1.807) is 0 Å². The van der Waals surface area contributed by atoms with Crippen LogP contribution in [0.5, 0.6) is 0 Å². The Kier molecular flexibility index (Phi) is 7.37. The first-order valence-electron chi connectivity index (χ1n) is 9.52. The van der Waals surface area contributed by atoms with Gasteiger partial charge in [-0.3, -0.25) is 9.59 Å². The van der Waals surface area contributed by atoms with Gasteiger partial charge in [0.15, 0.2) is 0 Å². The standard InChI is InChI=1S/C21H29N3O4S/c1-15(2)12-17-6-8-18(9-7-17)16(3)22-20(25)14-24-13-19(10-11-21(24)26)29(27,28)23(4)5/h6-11,13,15-16H,12,14H2,1-5H3,(H,22,25)/t16-/m0/s1. The van der Waals surface area contributed by atoms with E-state index in [2.05, 4.69) is 31.3 Å². The number of sulfonamides is 1. The summed E-state index contributed by atoms with van der Waals surface area (Å²) in [7, 11) is -0.872. The summed E-state index contributed by atoms with van der Waals surface area (Å²) in [6, 6.07) is 10.2. The van der Waals surface area contributed by atoms with Crippen molar-refractivity contribution < 1.29 is 13.2 Å². The molecule has 0 unspecified atom stereocenters. The normalized spacial score (nSPS) is 12.9. The molecule has 2 rings (SSSR count). The minimum absolute atomic E-state index is 0.0383. The van der Waals surface area contributed by atoms with E-state index in [9.17, 15) is 18.0 Å².